The van der Waals surface area contributed by atoms with E-state index in [-0.39, 0.29) is 22.1 Å². The summed E-state index contributed by atoms with van der Waals surface area (Å²) in [5, 5.41) is 2.65. The second-order valence-corrected chi connectivity index (χ2v) is 5.05. The molecule has 1 heterocycles. The highest BCUT2D eigenvalue weighted by molar-refractivity contribution is 9.10. The maximum Gasteiger partial charge on any atom is 0.243 e. The molecule has 0 saturated carbocycles. The molecule has 0 unspecified atom stereocenters. The summed E-state index contributed by atoms with van der Waals surface area (Å²) in [7, 11) is 3.46. The summed E-state index contributed by atoms with van der Waals surface area (Å²) >= 11 is 2.98. The Morgan fingerprint density at radius 2 is 1.76 bits per heavy atom. The zero-order valence-electron chi connectivity index (χ0n) is 11.2. The minimum absolute atomic E-state index is 0.0159. The first-order chi connectivity index (χ1) is 9.90. The van der Waals surface area contributed by atoms with E-state index in [2.05, 4.69) is 41.6 Å². The summed E-state index contributed by atoms with van der Waals surface area (Å²) in [4.78, 5) is 13.7. The molecular weight excluding hydrogens is 348 g/mol. The van der Waals surface area contributed by atoms with Crippen LogP contribution in [-0.4, -0.2) is 29.0 Å². The van der Waals surface area contributed by atoms with Crippen molar-refractivity contribution < 1.29 is 8.78 Å². The van der Waals surface area contributed by atoms with Crippen LogP contribution in [-0.2, 0) is 0 Å². The quantitative estimate of drug-likeness (QED) is 0.436. The van der Waals surface area contributed by atoms with E-state index >= 15 is 0 Å². The second-order valence-electron chi connectivity index (χ2n) is 4.19. The van der Waals surface area contributed by atoms with E-state index < -0.39 is 11.6 Å². The molecule has 1 aromatic heterocycles. The molecule has 0 amide bonds. The van der Waals surface area contributed by atoms with Crippen molar-refractivity contribution in [3.63, 3.8) is 0 Å². The molecule has 0 fully saturated rings. The van der Waals surface area contributed by atoms with Crippen molar-refractivity contribution in [1.29, 1.82) is 0 Å². The second kappa shape index (κ2) is 6.14. The van der Waals surface area contributed by atoms with E-state index in [4.69, 9.17) is 5.84 Å². The van der Waals surface area contributed by atoms with E-state index in [1.807, 2.05) is 0 Å². The lowest BCUT2D eigenvalue weighted by Gasteiger charge is -2.13. The van der Waals surface area contributed by atoms with Crippen molar-refractivity contribution in [3.05, 3.63) is 28.2 Å². The standard InChI is InChI=1S/C11H12BrF2N7/c1-21(2)11-18-9(17-10(19-11)20-15)16-8-3-5(12)6(13)4-7(8)14/h3-4H,15H2,1-2H3,(H2,16,17,18,19,20). The van der Waals surface area contributed by atoms with E-state index in [9.17, 15) is 8.78 Å². The molecule has 0 atom stereocenters. The van der Waals surface area contributed by atoms with Gasteiger partial charge in [0, 0.05) is 20.2 Å². The highest BCUT2D eigenvalue weighted by atomic mass is 79.9. The molecule has 0 bridgehead atoms. The lowest BCUT2D eigenvalue weighted by molar-refractivity contribution is 0.581. The molecule has 1 aromatic carbocycles. The van der Waals surface area contributed by atoms with Gasteiger partial charge in [0.25, 0.3) is 0 Å². The van der Waals surface area contributed by atoms with Crippen LogP contribution in [0.4, 0.5) is 32.3 Å². The number of benzene rings is 1. The molecule has 7 nitrogen and oxygen atoms in total. The summed E-state index contributed by atoms with van der Waals surface area (Å²) in [5.74, 6) is 4.30. The van der Waals surface area contributed by atoms with Crippen molar-refractivity contribution in [2.45, 2.75) is 0 Å². The Kier molecular flexibility index (Phi) is 4.48. The Bertz CT molecular complexity index is 665. The molecule has 2 aromatic rings. The van der Waals surface area contributed by atoms with Crippen LogP contribution in [0, 0.1) is 11.6 Å². The fraction of sp³-hybridized carbons (Fsp3) is 0.182. The molecule has 0 saturated heterocycles. The fourth-order valence-electron chi connectivity index (χ4n) is 1.42. The molecule has 112 valence electrons. The first-order valence-corrected chi connectivity index (χ1v) is 6.51. The Morgan fingerprint density at radius 1 is 1.10 bits per heavy atom. The van der Waals surface area contributed by atoms with Crippen molar-refractivity contribution in [1.82, 2.24) is 15.0 Å². The maximum atomic E-state index is 13.7. The van der Waals surface area contributed by atoms with E-state index in [1.54, 1.807) is 19.0 Å². The van der Waals surface area contributed by atoms with E-state index in [0.29, 0.717) is 5.95 Å². The number of halogens is 3. The number of hydrogen-bond donors (Lipinski definition) is 3. The smallest absolute Gasteiger partial charge is 0.243 e. The SMILES string of the molecule is CN(C)c1nc(NN)nc(Nc2cc(Br)c(F)cc2F)n1. The molecule has 0 aliphatic rings. The van der Waals surface area contributed by atoms with Gasteiger partial charge in [0.15, 0.2) is 0 Å². The topological polar surface area (TPSA) is 92.0 Å². The molecule has 21 heavy (non-hydrogen) atoms. The van der Waals surface area contributed by atoms with Gasteiger partial charge in [-0.1, -0.05) is 0 Å². The molecule has 4 N–H and O–H groups in total. The third kappa shape index (κ3) is 3.52. The van der Waals surface area contributed by atoms with Crippen molar-refractivity contribution in [2.75, 3.05) is 29.7 Å². The van der Waals surface area contributed by atoms with Gasteiger partial charge in [-0.25, -0.2) is 14.6 Å². The average molecular weight is 360 g/mol. The van der Waals surface area contributed by atoms with Crippen LogP contribution in [0.2, 0.25) is 0 Å². The highest BCUT2D eigenvalue weighted by Crippen LogP contribution is 2.26. The van der Waals surface area contributed by atoms with Crippen LogP contribution in [0.5, 0.6) is 0 Å². The van der Waals surface area contributed by atoms with Crippen LogP contribution in [0.25, 0.3) is 0 Å². The number of rotatable bonds is 4. The van der Waals surface area contributed by atoms with Crippen molar-refractivity contribution >= 4 is 39.5 Å². The highest BCUT2D eigenvalue weighted by Gasteiger charge is 2.12. The molecule has 0 aliphatic carbocycles. The zero-order valence-corrected chi connectivity index (χ0v) is 12.7. The Balaban J connectivity index is 2.39. The summed E-state index contributed by atoms with van der Waals surface area (Å²) in [6, 6.07) is 2.00. The zero-order chi connectivity index (χ0) is 15.6. The van der Waals surface area contributed by atoms with Crippen molar-refractivity contribution in [2.24, 2.45) is 5.84 Å². The van der Waals surface area contributed by atoms with Gasteiger partial charge in [-0.05, 0) is 22.0 Å². The predicted octanol–water partition coefficient (Wildman–Crippen LogP) is 2.01. The predicted molar refractivity (Wildman–Crippen MR) is 79.3 cm³/mol. The largest absolute Gasteiger partial charge is 0.347 e. The number of hydrazine groups is 1. The average Bonchev–Trinajstić information content (AvgIpc) is 2.44. The summed E-state index contributed by atoms with van der Waals surface area (Å²) in [6.07, 6.45) is 0. The first kappa shape index (κ1) is 15.3. The van der Waals surface area contributed by atoms with E-state index in [0.717, 1.165) is 6.07 Å². The minimum Gasteiger partial charge on any atom is -0.347 e. The number of nitrogens with zero attached hydrogens (tertiary/aromatic N) is 4. The Hall–Kier alpha value is -2.07. The van der Waals surface area contributed by atoms with Gasteiger partial charge in [0.05, 0.1) is 10.2 Å². The van der Waals surface area contributed by atoms with Crippen LogP contribution in [0.15, 0.2) is 16.6 Å². The van der Waals surface area contributed by atoms with Gasteiger partial charge < -0.3 is 10.2 Å². The van der Waals surface area contributed by atoms with Crippen LogP contribution in [0.3, 0.4) is 0 Å². The first-order valence-electron chi connectivity index (χ1n) is 5.72. The van der Waals surface area contributed by atoms with Gasteiger partial charge >= 0.3 is 0 Å². The molecular formula is C11H12BrF2N7. The summed E-state index contributed by atoms with van der Waals surface area (Å²) < 4.78 is 27.0. The number of nitrogens with one attached hydrogen (secondary N) is 2. The monoisotopic (exact) mass is 359 g/mol. The fourth-order valence-corrected chi connectivity index (χ4v) is 1.77. The van der Waals surface area contributed by atoms with Crippen LogP contribution < -0.4 is 21.5 Å². The lowest BCUT2D eigenvalue weighted by atomic mass is 10.3. The van der Waals surface area contributed by atoms with Gasteiger partial charge in [0.1, 0.15) is 11.6 Å². The normalized spacial score (nSPS) is 10.4. The Labute approximate surface area is 127 Å². The van der Waals surface area contributed by atoms with Gasteiger partial charge in [-0.15, -0.1) is 0 Å². The van der Waals surface area contributed by atoms with Gasteiger partial charge in [-0.2, -0.15) is 15.0 Å². The number of nitrogen functional groups attached to an aromatic ring is 1. The number of anilines is 4. The third-order valence-corrected chi connectivity index (χ3v) is 3.02. The summed E-state index contributed by atoms with van der Waals surface area (Å²) in [6.45, 7) is 0. The molecule has 0 radical (unpaired) electrons. The maximum absolute atomic E-state index is 13.7. The third-order valence-electron chi connectivity index (χ3n) is 2.41. The van der Waals surface area contributed by atoms with E-state index in [1.165, 1.54) is 6.07 Å². The lowest BCUT2D eigenvalue weighted by Crippen LogP contribution is -2.18. The van der Waals surface area contributed by atoms with Crippen LogP contribution >= 0.6 is 15.9 Å². The number of nitrogens with two attached hydrogens (primary N) is 1. The molecule has 2 rings (SSSR count). The minimum atomic E-state index is -0.773. The van der Waals surface area contributed by atoms with Gasteiger partial charge in [0.2, 0.25) is 17.8 Å². The van der Waals surface area contributed by atoms with Crippen molar-refractivity contribution in [3.8, 4) is 0 Å². The number of hydrogen-bond acceptors (Lipinski definition) is 7. The molecule has 0 spiro atoms. The van der Waals surface area contributed by atoms with Crippen LogP contribution in [0.1, 0.15) is 0 Å². The molecule has 10 heteroatoms. The molecule has 0 aliphatic heterocycles. The Morgan fingerprint density at radius 3 is 2.38 bits per heavy atom. The summed E-state index contributed by atoms with van der Waals surface area (Å²) in [5.41, 5.74) is 2.31. The van der Waals surface area contributed by atoms with Gasteiger partial charge in [-0.3, -0.25) is 5.43 Å². The number of aromatic nitrogens is 3.